The molecule has 0 unspecified atom stereocenters. The standard InChI is InChI=1S/C15H20ClNO/c1-17(10-12-5-2-3-6-12)11-15(18)13-7-4-8-14(16)9-13/h4,7-9,12H,2-3,5-6,10-11H2,1H3. The van der Waals surface area contributed by atoms with E-state index in [1.165, 1.54) is 25.7 Å². The van der Waals surface area contributed by atoms with Crippen LogP contribution in [0.5, 0.6) is 0 Å². The van der Waals surface area contributed by atoms with E-state index in [0.717, 1.165) is 12.5 Å². The maximum Gasteiger partial charge on any atom is 0.176 e. The monoisotopic (exact) mass is 265 g/mol. The van der Waals surface area contributed by atoms with Crippen molar-refractivity contribution in [3.63, 3.8) is 0 Å². The van der Waals surface area contributed by atoms with Gasteiger partial charge in [0.05, 0.1) is 6.54 Å². The number of ketones is 1. The Kier molecular flexibility index (Phi) is 4.79. The number of rotatable bonds is 5. The zero-order valence-electron chi connectivity index (χ0n) is 10.9. The third kappa shape index (κ3) is 3.82. The second kappa shape index (κ2) is 6.35. The predicted molar refractivity (Wildman–Crippen MR) is 75.2 cm³/mol. The van der Waals surface area contributed by atoms with Gasteiger partial charge >= 0.3 is 0 Å². The van der Waals surface area contributed by atoms with Crippen molar-refractivity contribution in [1.29, 1.82) is 0 Å². The summed E-state index contributed by atoms with van der Waals surface area (Å²) in [7, 11) is 2.03. The predicted octanol–water partition coefficient (Wildman–Crippen LogP) is 3.64. The van der Waals surface area contributed by atoms with Crippen molar-refractivity contribution in [1.82, 2.24) is 4.90 Å². The fraction of sp³-hybridized carbons (Fsp3) is 0.533. The van der Waals surface area contributed by atoms with Crippen LogP contribution in [0.1, 0.15) is 36.0 Å². The van der Waals surface area contributed by atoms with Crippen LogP contribution in [0.3, 0.4) is 0 Å². The van der Waals surface area contributed by atoms with Crippen LogP contribution in [0.2, 0.25) is 5.02 Å². The van der Waals surface area contributed by atoms with E-state index in [-0.39, 0.29) is 5.78 Å². The zero-order chi connectivity index (χ0) is 13.0. The average Bonchev–Trinajstić information content (AvgIpc) is 2.81. The number of hydrogen-bond acceptors (Lipinski definition) is 2. The number of halogens is 1. The number of nitrogens with zero attached hydrogens (tertiary/aromatic N) is 1. The van der Waals surface area contributed by atoms with Crippen LogP contribution in [0.15, 0.2) is 24.3 Å². The minimum Gasteiger partial charge on any atom is -0.299 e. The van der Waals surface area contributed by atoms with Crippen molar-refractivity contribution >= 4 is 17.4 Å². The maximum absolute atomic E-state index is 12.1. The molecule has 0 spiro atoms. The summed E-state index contributed by atoms with van der Waals surface area (Å²) in [6.45, 7) is 1.52. The van der Waals surface area contributed by atoms with E-state index in [1.807, 2.05) is 19.2 Å². The molecule has 0 aliphatic heterocycles. The molecule has 0 heterocycles. The molecule has 0 saturated heterocycles. The lowest BCUT2D eigenvalue weighted by Crippen LogP contribution is -2.30. The summed E-state index contributed by atoms with van der Waals surface area (Å²) in [6, 6.07) is 7.19. The van der Waals surface area contributed by atoms with E-state index in [4.69, 9.17) is 11.6 Å². The van der Waals surface area contributed by atoms with Crippen LogP contribution in [0, 0.1) is 5.92 Å². The number of hydrogen-bond donors (Lipinski definition) is 0. The molecule has 1 aliphatic carbocycles. The summed E-state index contributed by atoms with van der Waals surface area (Å²) in [5.41, 5.74) is 0.709. The van der Waals surface area contributed by atoms with E-state index in [2.05, 4.69) is 4.90 Å². The fourth-order valence-electron chi connectivity index (χ4n) is 2.70. The highest BCUT2D eigenvalue weighted by Gasteiger charge is 2.18. The first-order valence-corrected chi connectivity index (χ1v) is 7.00. The summed E-state index contributed by atoms with van der Waals surface area (Å²) in [5, 5.41) is 0.624. The highest BCUT2D eigenvalue weighted by molar-refractivity contribution is 6.31. The lowest BCUT2D eigenvalue weighted by molar-refractivity contribution is 0.0938. The first kappa shape index (κ1) is 13.6. The number of carbonyl (C=O) groups excluding carboxylic acids is 1. The molecule has 0 N–H and O–H groups in total. The summed E-state index contributed by atoms with van der Waals surface area (Å²) >= 11 is 5.90. The lowest BCUT2D eigenvalue weighted by atomic mass is 10.1. The van der Waals surface area contributed by atoms with Crippen molar-refractivity contribution in [2.75, 3.05) is 20.1 Å². The molecule has 98 valence electrons. The Hall–Kier alpha value is -0.860. The van der Waals surface area contributed by atoms with Gasteiger partial charge in [0, 0.05) is 17.1 Å². The molecule has 0 atom stereocenters. The zero-order valence-corrected chi connectivity index (χ0v) is 11.6. The molecule has 3 heteroatoms. The molecule has 2 nitrogen and oxygen atoms in total. The second-order valence-electron chi connectivity index (χ2n) is 5.28. The summed E-state index contributed by atoms with van der Waals surface area (Å²) < 4.78 is 0. The van der Waals surface area contributed by atoms with E-state index >= 15 is 0 Å². The molecule has 0 bridgehead atoms. The molecular formula is C15H20ClNO. The van der Waals surface area contributed by atoms with Crippen LogP contribution in [0.25, 0.3) is 0 Å². The van der Waals surface area contributed by atoms with Gasteiger partial charge in [0.15, 0.2) is 5.78 Å². The molecule has 1 aromatic carbocycles. The van der Waals surface area contributed by atoms with E-state index in [9.17, 15) is 4.79 Å². The van der Waals surface area contributed by atoms with E-state index < -0.39 is 0 Å². The minimum absolute atomic E-state index is 0.151. The summed E-state index contributed by atoms with van der Waals surface area (Å²) in [4.78, 5) is 14.2. The largest absolute Gasteiger partial charge is 0.299 e. The van der Waals surface area contributed by atoms with Gasteiger partial charge in [-0.25, -0.2) is 0 Å². The van der Waals surface area contributed by atoms with Gasteiger partial charge in [-0.2, -0.15) is 0 Å². The molecule has 0 aromatic heterocycles. The number of likely N-dealkylation sites (N-methyl/N-ethyl adjacent to an activating group) is 1. The molecule has 18 heavy (non-hydrogen) atoms. The van der Waals surface area contributed by atoms with Gasteiger partial charge in [0.2, 0.25) is 0 Å². The Bertz CT molecular complexity index is 413. The number of Topliss-reactive ketones (excluding diaryl/α,β-unsaturated/α-hetero) is 1. The Balaban J connectivity index is 1.86. The van der Waals surface area contributed by atoms with Crippen molar-refractivity contribution in [3.8, 4) is 0 Å². The van der Waals surface area contributed by atoms with Crippen molar-refractivity contribution in [2.45, 2.75) is 25.7 Å². The molecule has 2 rings (SSSR count). The second-order valence-corrected chi connectivity index (χ2v) is 5.72. The first-order chi connectivity index (χ1) is 8.65. The maximum atomic E-state index is 12.1. The topological polar surface area (TPSA) is 20.3 Å². The van der Waals surface area contributed by atoms with Gasteiger partial charge in [-0.3, -0.25) is 9.69 Å². The Morgan fingerprint density at radius 1 is 1.39 bits per heavy atom. The number of carbonyl (C=O) groups is 1. The normalized spacial score (nSPS) is 16.4. The SMILES string of the molecule is CN(CC(=O)c1cccc(Cl)c1)CC1CCCC1. The van der Waals surface area contributed by atoms with Gasteiger partial charge in [-0.1, -0.05) is 36.6 Å². The number of benzene rings is 1. The van der Waals surface area contributed by atoms with Crippen LogP contribution < -0.4 is 0 Å². The molecule has 1 fully saturated rings. The van der Waals surface area contributed by atoms with E-state index in [0.29, 0.717) is 17.1 Å². The van der Waals surface area contributed by atoms with Gasteiger partial charge in [-0.05, 0) is 37.9 Å². The third-order valence-corrected chi connectivity index (χ3v) is 3.84. The van der Waals surface area contributed by atoms with Crippen LogP contribution in [0.4, 0.5) is 0 Å². The van der Waals surface area contributed by atoms with Crippen molar-refractivity contribution in [3.05, 3.63) is 34.9 Å². The Labute approximate surface area is 114 Å². The quantitative estimate of drug-likeness (QED) is 0.758. The van der Waals surface area contributed by atoms with Crippen molar-refractivity contribution in [2.24, 2.45) is 5.92 Å². The smallest absolute Gasteiger partial charge is 0.176 e. The summed E-state index contributed by atoms with van der Waals surface area (Å²) in [5.74, 6) is 0.931. The lowest BCUT2D eigenvalue weighted by Gasteiger charge is -2.19. The Morgan fingerprint density at radius 2 is 2.11 bits per heavy atom. The molecule has 1 aromatic rings. The molecule has 1 aliphatic rings. The van der Waals surface area contributed by atoms with Gasteiger partial charge in [0.25, 0.3) is 0 Å². The van der Waals surface area contributed by atoms with Crippen LogP contribution in [-0.4, -0.2) is 30.8 Å². The highest BCUT2D eigenvalue weighted by atomic mass is 35.5. The first-order valence-electron chi connectivity index (χ1n) is 6.62. The molecular weight excluding hydrogens is 246 g/mol. The average molecular weight is 266 g/mol. The van der Waals surface area contributed by atoms with Gasteiger partial charge in [0.1, 0.15) is 0 Å². The van der Waals surface area contributed by atoms with Crippen molar-refractivity contribution < 1.29 is 4.79 Å². The highest BCUT2D eigenvalue weighted by Crippen LogP contribution is 2.25. The minimum atomic E-state index is 0.151. The third-order valence-electron chi connectivity index (χ3n) is 3.60. The van der Waals surface area contributed by atoms with E-state index in [1.54, 1.807) is 12.1 Å². The van der Waals surface area contributed by atoms with Crippen LogP contribution >= 0.6 is 11.6 Å². The van der Waals surface area contributed by atoms with Crippen LogP contribution in [-0.2, 0) is 0 Å². The molecule has 0 amide bonds. The summed E-state index contributed by atoms with van der Waals surface area (Å²) in [6.07, 6.45) is 5.33. The fourth-order valence-corrected chi connectivity index (χ4v) is 2.89. The van der Waals surface area contributed by atoms with Gasteiger partial charge in [-0.15, -0.1) is 0 Å². The Morgan fingerprint density at radius 3 is 2.78 bits per heavy atom. The van der Waals surface area contributed by atoms with Gasteiger partial charge < -0.3 is 0 Å². The molecule has 1 saturated carbocycles. The molecule has 0 radical (unpaired) electrons.